The highest BCUT2D eigenvalue weighted by Crippen LogP contribution is 2.28. The first-order valence-electron chi connectivity index (χ1n) is 11.3. The largest absolute Gasteiger partial charge is 0.353 e. The molecule has 32 heavy (non-hydrogen) atoms. The fourth-order valence-corrected chi connectivity index (χ4v) is 4.73. The summed E-state index contributed by atoms with van der Waals surface area (Å²) >= 11 is 1.61. The summed E-state index contributed by atoms with van der Waals surface area (Å²) in [5, 5.41) is 13.7. The van der Waals surface area contributed by atoms with Gasteiger partial charge in [0, 0.05) is 30.1 Å². The lowest BCUT2D eigenvalue weighted by Gasteiger charge is -2.09. The van der Waals surface area contributed by atoms with Crippen LogP contribution in [0.5, 0.6) is 0 Å². The zero-order valence-electron chi connectivity index (χ0n) is 18.3. The topological polar surface area (TPSA) is 72.7 Å². The molecule has 0 bridgehead atoms. The molecule has 2 aromatic carbocycles. The Bertz CT molecular complexity index is 1260. The second-order valence-corrected chi connectivity index (χ2v) is 9.51. The molecule has 1 amide bonds. The molecular formula is C25H27N5OS. The third kappa shape index (κ3) is 4.63. The lowest BCUT2D eigenvalue weighted by Crippen LogP contribution is -2.24. The number of hydrogen-bond acceptors (Lipinski definition) is 5. The zero-order chi connectivity index (χ0) is 21.9. The van der Waals surface area contributed by atoms with E-state index in [0.29, 0.717) is 17.6 Å². The Labute approximate surface area is 191 Å². The number of carbonyl (C=O) groups excluding carboxylic acids is 1. The highest BCUT2D eigenvalue weighted by Gasteiger charge is 2.22. The fourth-order valence-electron chi connectivity index (χ4n) is 3.95. The number of nitrogens with one attached hydrogen (secondary N) is 1. The van der Waals surface area contributed by atoms with E-state index in [0.717, 1.165) is 60.0 Å². The van der Waals surface area contributed by atoms with Gasteiger partial charge < -0.3 is 9.88 Å². The fraction of sp³-hybridized carbons (Fsp3) is 0.360. The standard InChI is InChI=1S/C25H27N5OS/c1-17-8-2-3-9-18(17)16-30-21-11-5-4-10-20(21)23-24(30)27-25(29-28-23)32-15-7-6-12-22(31)26-19-13-14-19/h2-5,8-11,19H,6-7,12-16H2,1H3,(H,26,31). The number of aryl methyl sites for hydroxylation is 1. The van der Waals surface area contributed by atoms with Crippen LogP contribution in [-0.2, 0) is 11.3 Å². The number of amides is 1. The third-order valence-electron chi connectivity index (χ3n) is 5.92. The van der Waals surface area contributed by atoms with Gasteiger partial charge in [-0.1, -0.05) is 54.2 Å². The van der Waals surface area contributed by atoms with Gasteiger partial charge in [-0.3, -0.25) is 4.79 Å². The van der Waals surface area contributed by atoms with E-state index in [4.69, 9.17) is 4.98 Å². The maximum Gasteiger partial charge on any atom is 0.220 e. The van der Waals surface area contributed by atoms with Crippen LogP contribution in [-0.4, -0.2) is 37.5 Å². The third-order valence-corrected chi connectivity index (χ3v) is 6.84. The van der Waals surface area contributed by atoms with Crippen molar-refractivity contribution in [2.45, 2.75) is 56.8 Å². The number of rotatable bonds is 9. The monoisotopic (exact) mass is 445 g/mol. The average Bonchev–Trinajstić information content (AvgIpc) is 3.57. The van der Waals surface area contributed by atoms with Gasteiger partial charge in [0.25, 0.3) is 0 Å². The molecule has 0 radical (unpaired) electrons. The minimum absolute atomic E-state index is 0.178. The molecule has 0 unspecified atom stereocenters. The Morgan fingerprint density at radius 3 is 2.75 bits per heavy atom. The predicted molar refractivity (Wildman–Crippen MR) is 129 cm³/mol. The van der Waals surface area contributed by atoms with Crippen molar-refractivity contribution in [1.29, 1.82) is 0 Å². The Morgan fingerprint density at radius 2 is 1.91 bits per heavy atom. The zero-order valence-corrected chi connectivity index (χ0v) is 19.1. The van der Waals surface area contributed by atoms with Crippen molar-refractivity contribution >= 4 is 39.7 Å². The Hall–Kier alpha value is -2.93. The van der Waals surface area contributed by atoms with Crippen LogP contribution in [0.15, 0.2) is 53.7 Å². The van der Waals surface area contributed by atoms with Crippen molar-refractivity contribution in [3.8, 4) is 0 Å². The van der Waals surface area contributed by atoms with Crippen LogP contribution in [0.25, 0.3) is 22.1 Å². The lowest BCUT2D eigenvalue weighted by molar-refractivity contribution is -0.121. The number of carbonyl (C=O) groups is 1. The molecule has 0 atom stereocenters. The molecule has 0 saturated heterocycles. The summed E-state index contributed by atoms with van der Waals surface area (Å²) < 4.78 is 2.24. The molecule has 1 N–H and O–H groups in total. The normalized spacial score (nSPS) is 13.7. The van der Waals surface area contributed by atoms with Crippen molar-refractivity contribution in [1.82, 2.24) is 25.1 Å². The summed E-state index contributed by atoms with van der Waals surface area (Å²) in [6.07, 6.45) is 4.70. The highest BCUT2D eigenvalue weighted by molar-refractivity contribution is 7.99. The summed E-state index contributed by atoms with van der Waals surface area (Å²) in [5.41, 5.74) is 5.37. The number of aromatic nitrogens is 4. The summed E-state index contributed by atoms with van der Waals surface area (Å²) in [6, 6.07) is 17.2. The molecule has 6 nitrogen and oxygen atoms in total. The van der Waals surface area contributed by atoms with Gasteiger partial charge in [-0.05, 0) is 49.8 Å². The number of fused-ring (bicyclic) bond motifs is 3. The van der Waals surface area contributed by atoms with E-state index >= 15 is 0 Å². The van der Waals surface area contributed by atoms with Gasteiger partial charge in [-0.15, -0.1) is 10.2 Å². The molecule has 1 aliphatic carbocycles. The Balaban J connectivity index is 1.32. The van der Waals surface area contributed by atoms with Gasteiger partial charge in [-0.25, -0.2) is 4.98 Å². The van der Waals surface area contributed by atoms with Crippen LogP contribution in [0, 0.1) is 6.92 Å². The van der Waals surface area contributed by atoms with Gasteiger partial charge in [0.1, 0.15) is 5.52 Å². The first-order chi connectivity index (χ1) is 15.7. The van der Waals surface area contributed by atoms with Crippen LogP contribution >= 0.6 is 11.8 Å². The molecule has 164 valence electrons. The van der Waals surface area contributed by atoms with Crippen molar-refractivity contribution in [3.63, 3.8) is 0 Å². The molecule has 0 spiro atoms. The number of hydrogen-bond donors (Lipinski definition) is 1. The minimum Gasteiger partial charge on any atom is -0.353 e. The van der Waals surface area contributed by atoms with Crippen LogP contribution in [0.1, 0.15) is 43.2 Å². The van der Waals surface area contributed by atoms with Crippen LogP contribution in [0.2, 0.25) is 0 Å². The molecule has 1 fully saturated rings. The first kappa shape index (κ1) is 20.9. The summed E-state index contributed by atoms with van der Waals surface area (Å²) in [5.74, 6) is 1.06. The molecule has 1 saturated carbocycles. The number of nitrogens with zero attached hydrogens (tertiary/aromatic N) is 4. The van der Waals surface area contributed by atoms with Crippen molar-refractivity contribution in [2.75, 3.05) is 5.75 Å². The smallest absolute Gasteiger partial charge is 0.220 e. The van der Waals surface area contributed by atoms with E-state index in [1.807, 2.05) is 6.07 Å². The summed E-state index contributed by atoms with van der Waals surface area (Å²) in [4.78, 5) is 16.7. The lowest BCUT2D eigenvalue weighted by atomic mass is 10.1. The first-order valence-corrected chi connectivity index (χ1v) is 12.3. The van der Waals surface area contributed by atoms with Crippen molar-refractivity contribution < 1.29 is 4.79 Å². The SMILES string of the molecule is Cc1ccccc1Cn1c2ccccc2c2nnc(SCCCCC(=O)NC3CC3)nc21. The predicted octanol–water partition coefficient (Wildman–Crippen LogP) is 4.88. The molecular weight excluding hydrogens is 418 g/mol. The van der Waals surface area contributed by atoms with E-state index in [9.17, 15) is 4.79 Å². The number of para-hydroxylation sites is 1. The van der Waals surface area contributed by atoms with Gasteiger partial charge >= 0.3 is 0 Å². The van der Waals surface area contributed by atoms with E-state index in [2.05, 4.69) is 69.5 Å². The molecule has 2 aromatic heterocycles. The average molecular weight is 446 g/mol. The van der Waals surface area contributed by atoms with Crippen molar-refractivity contribution in [3.05, 3.63) is 59.7 Å². The molecule has 1 aliphatic rings. The molecule has 0 aliphatic heterocycles. The van der Waals surface area contributed by atoms with Crippen LogP contribution < -0.4 is 5.32 Å². The maximum atomic E-state index is 11.8. The second kappa shape index (κ2) is 9.28. The van der Waals surface area contributed by atoms with Gasteiger partial charge in [0.05, 0.1) is 5.52 Å². The second-order valence-electron chi connectivity index (χ2n) is 8.44. The van der Waals surface area contributed by atoms with Gasteiger partial charge in [0.15, 0.2) is 5.65 Å². The number of benzene rings is 2. The highest BCUT2D eigenvalue weighted by atomic mass is 32.2. The Morgan fingerprint density at radius 1 is 1.09 bits per heavy atom. The van der Waals surface area contributed by atoms with E-state index in [1.165, 1.54) is 11.1 Å². The molecule has 7 heteroatoms. The van der Waals surface area contributed by atoms with E-state index < -0.39 is 0 Å². The van der Waals surface area contributed by atoms with E-state index in [1.54, 1.807) is 11.8 Å². The minimum atomic E-state index is 0.178. The van der Waals surface area contributed by atoms with Crippen LogP contribution in [0.3, 0.4) is 0 Å². The van der Waals surface area contributed by atoms with Crippen LogP contribution in [0.4, 0.5) is 0 Å². The van der Waals surface area contributed by atoms with Gasteiger partial charge in [-0.2, -0.15) is 0 Å². The van der Waals surface area contributed by atoms with Crippen molar-refractivity contribution in [2.24, 2.45) is 0 Å². The number of thioether (sulfide) groups is 1. The number of unbranched alkanes of at least 4 members (excludes halogenated alkanes) is 1. The Kier molecular flexibility index (Phi) is 6.08. The summed E-state index contributed by atoms with van der Waals surface area (Å²) in [6.45, 7) is 2.89. The molecule has 2 heterocycles. The quantitative estimate of drug-likeness (QED) is 0.294. The molecule has 4 aromatic rings. The van der Waals surface area contributed by atoms with E-state index in [-0.39, 0.29) is 5.91 Å². The van der Waals surface area contributed by atoms with Gasteiger partial charge in [0.2, 0.25) is 11.1 Å². The summed E-state index contributed by atoms with van der Waals surface area (Å²) in [7, 11) is 0. The molecule has 5 rings (SSSR count). The maximum absolute atomic E-state index is 11.8.